The van der Waals surface area contributed by atoms with Gasteiger partial charge in [-0.2, -0.15) is 5.26 Å². The van der Waals surface area contributed by atoms with Crippen molar-refractivity contribution in [2.24, 2.45) is 0 Å². The zero-order chi connectivity index (χ0) is 17.1. The molecule has 7 heteroatoms. The summed E-state index contributed by atoms with van der Waals surface area (Å²) < 4.78 is 6.48. The van der Waals surface area contributed by atoms with Crippen molar-refractivity contribution in [2.45, 2.75) is 13.0 Å². The number of aromatic nitrogens is 1. The second-order valence-electron chi connectivity index (χ2n) is 5.12. The lowest BCUT2D eigenvalue weighted by atomic mass is 10.2. The predicted octanol–water partition coefficient (Wildman–Crippen LogP) is 3.15. The lowest BCUT2D eigenvalue weighted by molar-refractivity contribution is -0.116. The van der Waals surface area contributed by atoms with Crippen LogP contribution in [0.15, 0.2) is 51.7 Å². The highest BCUT2D eigenvalue weighted by molar-refractivity contribution is 6.30. The number of carbonyl (C=O) groups excluding carboxylic acids is 1. The summed E-state index contributed by atoms with van der Waals surface area (Å²) in [6, 6.07) is 13.5. The van der Waals surface area contributed by atoms with Crippen LogP contribution in [-0.4, -0.2) is 10.5 Å². The molecule has 0 saturated carbocycles. The van der Waals surface area contributed by atoms with E-state index in [0.717, 1.165) is 0 Å². The van der Waals surface area contributed by atoms with Gasteiger partial charge in [-0.25, -0.2) is 4.79 Å². The predicted molar refractivity (Wildman–Crippen MR) is 89.9 cm³/mol. The van der Waals surface area contributed by atoms with Crippen molar-refractivity contribution >= 4 is 34.3 Å². The SMILES string of the molecule is N#Cc1ccc2c(c1)oc(=O)n2CCC(=O)Nc1cccc(Cl)c1. The van der Waals surface area contributed by atoms with E-state index in [1.54, 1.807) is 36.4 Å². The maximum absolute atomic E-state index is 12.0. The Morgan fingerprint density at radius 1 is 1.29 bits per heavy atom. The molecule has 120 valence electrons. The summed E-state index contributed by atoms with van der Waals surface area (Å²) in [4.78, 5) is 23.9. The fourth-order valence-corrected chi connectivity index (χ4v) is 2.54. The van der Waals surface area contributed by atoms with Crippen LogP contribution in [0.5, 0.6) is 0 Å². The smallest absolute Gasteiger partial charge is 0.408 e. The third-order valence-electron chi connectivity index (χ3n) is 3.47. The number of hydrogen-bond acceptors (Lipinski definition) is 4. The Balaban J connectivity index is 1.74. The monoisotopic (exact) mass is 341 g/mol. The Morgan fingerprint density at radius 2 is 2.12 bits per heavy atom. The topological polar surface area (TPSA) is 88.0 Å². The first kappa shape index (κ1) is 15.8. The number of oxazole rings is 1. The van der Waals surface area contributed by atoms with Gasteiger partial charge in [0.2, 0.25) is 5.91 Å². The highest BCUT2D eigenvalue weighted by Gasteiger charge is 2.11. The quantitative estimate of drug-likeness (QED) is 0.789. The second-order valence-corrected chi connectivity index (χ2v) is 5.56. The lowest BCUT2D eigenvalue weighted by Crippen LogP contribution is -2.19. The van der Waals surface area contributed by atoms with Crippen molar-refractivity contribution in [3.63, 3.8) is 0 Å². The minimum Gasteiger partial charge on any atom is -0.408 e. The average Bonchev–Trinajstić information content (AvgIpc) is 2.87. The Morgan fingerprint density at radius 3 is 2.88 bits per heavy atom. The van der Waals surface area contributed by atoms with Crippen LogP contribution in [0.1, 0.15) is 12.0 Å². The van der Waals surface area contributed by atoms with Gasteiger partial charge in [0.15, 0.2) is 5.58 Å². The van der Waals surface area contributed by atoms with Crippen LogP contribution in [0.25, 0.3) is 11.1 Å². The van der Waals surface area contributed by atoms with Crippen LogP contribution in [0.3, 0.4) is 0 Å². The summed E-state index contributed by atoms with van der Waals surface area (Å²) >= 11 is 5.87. The molecule has 0 bridgehead atoms. The first-order valence-electron chi connectivity index (χ1n) is 7.16. The van der Waals surface area contributed by atoms with Crippen LogP contribution in [0.4, 0.5) is 5.69 Å². The molecule has 0 aliphatic carbocycles. The van der Waals surface area contributed by atoms with E-state index in [0.29, 0.717) is 27.4 Å². The number of fused-ring (bicyclic) bond motifs is 1. The molecule has 0 aliphatic rings. The third kappa shape index (κ3) is 3.31. The van der Waals surface area contributed by atoms with Gasteiger partial charge in [0.05, 0.1) is 17.1 Å². The van der Waals surface area contributed by atoms with E-state index in [2.05, 4.69) is 5.32 Å². The molecule has 24 heavy (non-hydrogen) atoms. The molecule has 2 aromatic carbocycles. The number of aryl methyl sites for hydroxylation is 1. The van der Waals surface area contributed by atoms with E-state index in [1.165, 1.54) is 10.6 Å². The molecule has 1 aromatic heterocycles. The number of nitriles is 1. The summed E-state index contributed by atoms with van der Waals surface area (Å²) in [5.41, 5.74) is 1.88. The molecule has 0 saturated heterocycles. The van der Waals surface area contributed by atoms with Gasteiger partial charge in [-0.15, -0.1) is 0 Å². The Bertz CT molecular complexity index is 1010. The molecule has 1 heterocycles. The van der Waals surface area contributed by atoms with E-state index in [-0.39, 0.29) is 18.9 Å². The van der Waals surface area contributed by atoms with Crippen molar-refractivity contribution in [1.82, 2.24) is 4.57 Å². The van der Waals surface area contributed by atoms with Gasteiger partial charge < -0.3 is 9.73 Å². The summed E-state index contributed by atoms with van der Waals surface area (Å²) in [6.07, 6.45) is 0.0983. The molecule has 0 fully saturated rings. The second kappa shape index (κ2) is 6.60. The van der Waals surface area contributed by atoms with Gasteiger partial charge in [-0.05, 0) is 30.3 Å². The average molecular weight is 342 g/mol. The van der Waals surface area contributed by atoms with E-state index < -0.39 is 5.76 Å². The Kier molecular flexibility index (Phi) is 4.36. The first-order chi connectivity index (χ1) is 11.6. The van der Waals surface area contributed by atoms with Crippen molar-refractivity contribution < 1.29 is 9.21 Å². The number of nitrogens with zero attached hydrogens (tertiary/aromatic N) is 2. The minimum atomic E-state index is -0.560. The lowest BCUT2D eigenvalue weighted by Gasteiger charge is -2.06. The van der Waals surface area contributed by atoms with Crippen LogP contribution in [0, 0.1) is 11.3 Å². The molecule has 1 N–H and O–H groups in total. The molecular weight excluding hydrogens is 330 g/mol. The number of anilines is 1. The molecular formula is C17H12ClN3O3. The summed E-state index contributed by atoms with van der Waals surface area (Å²) in [5.74, 6) is -0.803. The van der Waals surface area contributed by atoms with E-state index in [4.69, 9.17) is 21.3 Å². The molecule has 3 rings (SSSR count). The van der Waals surface area contributed by atoms with E-state index in [1.807, 2.05) is 6.07 Å². The van der Waals surface area contributed by atoms with Crippen molar-refractivity contribution in [3.8, 4) is 6.07 Å². The minimum absolute atomic E-state index is 0.0983. The highest BCUT2D eigenvalue weighted by atomic mass is 35.5. The Hall–Kier alpha value is -3.04. The maximum Gasteiger partial charge on any atom is 0.419 e. The number of carbonyl (C=O) groups is 1. The molecule has 1 amide bonds. The number of rotatable bonds is 4. The highest BCUT2D eigenvalue weighted by Crippen LogP contribution is 2.17. The molecule has 0 unspecified atom stereocenters. The number of hydrogen-bond donors (Lipinski definition) is 1. The summed E-state index contributed by atoms with van der Waals surface area (Å²) in [6.45, 7) is 0.171. The first-order valence-corrected chi connectivity index (χ1v) is 7.53. The molecule has 3 aromatic rings. The van der Waals surface area contributed by atoms with Gasteiger partial charge >= 0.3 is 5.76 Å². The van der Waals surface area contributed by atoms with Gasteiger partial charge in [0.25, 0.3) is 0 Å². The number of nitrogens with one attached hydrogen (secondary N) is 1. The molecule has 0 spiro atoms. The van der Waals surface area contributed by atoms with Gasteiger partial charge in [0.1, 0.15) is 0 Å². The molecule has 0 aliphatic heterocycles. The van der Waals surface area contributed by atoms with Crippen LogP contribution >= 0.6 is 11.6 Å². The number of amides is 1. The van der Waals surface area contributed by atoms with Gasteiger partial charge in [-0.3, -0.25) is 9.36 Å². The van der Waals surface area contributed by atoms with Crippen LogP contribution < -0.4 is 11.1 Å². The molecule has 6 nitrogen and oxygen atoms in total. The zero-order valence-electron chi connectivity index (χ0n) is 12.5. The van der Waals surface area contributed by atoms with Crippen molar-refractivity contribution in [2.75, 3.05) is 5.32 Å². The number of halogens is 1. The third-order valence-corrected chi connectivity index (χ3v) is 3.70. The van der Waals surface area contributed by atoms with Gasteiger partial charge in [-0.1, -0.05) is 17.7 Å². The van der Waals surface area contributed by atoms with Crippen molar-refractivity contribution in [3.05, 3.63) is 63.6 Å². The molecule has 0 atom stereocenters. The standard InChI is InChI=1S/C17H12ClN3O3/c18-12-2-1-3-13(9-12)20-16(22)6-7-21-14-5-4-11(10-19)8-15(14)24-17(21)23/h1-5,8-9H,6-7H2,(H,20,22). The van der Waals surface area contributed by atoms with Gasteiger partial charge in [0, 0.05) is 29.7 Å². The summed E-state index contributed by atoms with van der Waals surface area (Å²) in [5, 5.41) is 12.1. The number of benzene rings is 2. The van der Waals surface area contributed by atoms with E-state index in [9.17, 15) is 9.59 Å². The van der Waals surface area contributed by atoms with Crippen LogP contribution in [-0.2, 0) is 11.3 Å². The fraction of sp³-hybridized carbons (Fsp3) is 0.118. The largest absolute Gasteiger partial charge is 0.419 e. The maximum atomic E-state index is 12.0. The fourth-order valence-electron chi connectivity index (χ4n) is 2.35. The molecule has 0 radical (unpaired) electrons. The van der Waals surface area contributed by atoms with Crippen LogP contribution in [0.2, 0.25) is 5.02 Å². The van der Waals surface area contributed by atoms with E-state index >= 15 is 0 Å². The normalized spacial score (nSPS) is 10.5. The van der Waals surface area contributed by atoms with Crippen molar-refractivity contribution in [1.29, 1.82) is 5.26 Å². The Labute approximate surface area is 141 Å². The zero-order valence-corrected chi connectivity index (χ0v) is 13.2. The summed E-state index contributed by atoms with van der Waals surface area (Å²) in [7, 11) is 0.